The highest BCUT2D eigenvalue weighted by Gasteiger charge is 2.29. The van der Waals surface area contributed by atoms with Gasteiger partial charge in [0.1, 0.15) is 5.25 Å². The second-order valence-corrected chi connectivity index (χ2v) is 7.05. The molecule has 0 unspecified atom stereocenters. The molecule has 0 spiro atoms. The summed E-state index contributed by atoms with van der Waals surface area (Å²) in [6.07, 6.45) is 0.326. The molecule has 0 heterocycles. The predicted octanol–water partition coefficient (Wildman–Crippen LogP) is 2.73. The molecule has 2 rings (SSSR count). The zero-order valence-corrected chi connectivity index (χ0v) is 13.2. The van der Waals surface area contributed by atoms with Gasteiger partial charge in [-0.05, 0) is 17.7 Å². The fourth-order valence-corrected chi connectivity index (χ4v) is 3.86. The number of carbonyl (C=O) groups is 1. The number of amides is 1. The van der Waals surface area contributed by atoms with Gasteiger partial charge in [-0.15, -0.1) is 0 Å². The van der Waals surface area contributed by atoms with Crippen LogP contribution in [0.15, 0.2) is 65.6 Å². The highest BCUT2D eigenvalue weighted by molar-refractivity contribution is 7.91. The summed E-state index contributed by atoms with van der Waals surface area (Å²) < 4.78 is 25.8. The minimum Gasteiger partial charge on any atom is -0.354 e. The average Bonchev–Trinajstić information content (AvgIpc) is 2.56. The van der Waals surface area contributed by atoms with Crippen molar-refractivity contribution in [2.24, 2.45) is 0 Å². The van der Waals surface area contributed by atoms with Crippen molar-refractivity contribution in [3.63, 3.8) is 0 Å². The van der Waals surface area contributed by atoms with Crippen LogP contribution in [0.5, 0.6) is 0 Å². The molecule has 1 N–H and O–H groups in total. The second kappa shape index (κ2) is 7.22. The van der Waals surface area contributed by atoms with Gasteiger partial charge in [0.25, 0.3) is 0 Å². The van der Waals surface area contributed by atoms with Gasteiger partial charge < -0.3 is 5.32 Å². The van der Waals surface area contributed by atoms with Crippen LogP contribution in [0.2, 0.25) is 0 Å². The largest absolute Gasteiger partial charge is 0.354 e. The standard InChI is InChI=1S/C17H19NO3S/c1-2-17(19)18-13-16(14-9-5-3-6-10-14)22(20,21)15-11-7-4-8-12-15/h3-12,16H,2,13H2,1H3,(H,18,19)/t16-/m1/s1. The Balaban J connectivity index is 2.38. The van der Waals surface area contributed by atoms with Crippen molar-refractivity contribution in [1.82, 2.24) is 5.32 Å². The van der Waals surface area contributed by atoms with Gasteiger partial charge in [-0.25, -0.2) is 8.42 Å². The van der Waals surface area contributed by atoms with Gasteiger partial charge in [-0.1, -0.05) is 55.5 Å². The van der Waals surface area contributed by atoms with Gasteiger partial charge in [0.15, 0.2) is 9.84 Å². The third-order valence-electron chi connectivity index (χ3n) is 3.42. The molecular formula is C17H19NO3S. The number of hydrogen-bond acceptors (Lipinski definition) is 3. The fraction of sp³-hybridized carbons (Fsp3) is 0.235. The van der Waals surface area contributed by atoms with E-state index in [1.54, 1.807) is 61.5 Å². The maximum atomic E-state index is 12.9. The van der Waals surface area contributed by atoms with E-state index in [2.05, 4.69) is 5.32 Å². The number of benzene rings is 2. The van der Waals surface area contributed by atoms with E-state index in [0.29, 0.717) is 12.0 Å². The topological polar surface area (TPSA) is 63.2 Å². The van der Waals surface area contributed by atoms with Crippen molar-refractivity contribution in [3.8, 4) is 0 Å². The number of rotatable bonds is 6. The van der Waals surface area contributed by atoms with Crippen LogP contribution < -0.4 is 5.32 Å². The summed E-state index contributed by atoms with van der Waals surface area (Å²) in [5.74, 6) is -0.163. The van der Waals surface area contributed by atoms with Crippen molar-refractivity contribution in [2.45, 2.75) is 23.5 Å². The van der Waals surface area contributed by atoms with Gasteiger partial charge in [0.05, 0.1) is 4.90 Å². The Morgan fingerprint density at radius 3 is 2.09 bits per heavy atom. The minimum absolute atomic E-state index is 0.0634. The highest BCUT2D eigenvalue weighted by atomic mass is 32.2. The van der Waals surface area contributed by atoms with Crippen molar-refractivity contribution >= 4 is 15.7 Å². The van der Waals surface area contributed by atoms with Crippen molar-refractivity contribution in [2.75, 3.05) is 6.54 Å². The van der Waals surface area contributed by atoms with E-state index in [-0.39, 0.29) is 17.3 Å². The third kappa shape index (κ3) is 3.74. The molecule has 0 fully saturated rings. The molecule has 0 aliphatic rings. The quantitative estimate of drug-likeness (QED) is 0.891. The van der Waals surface area contributed by atoms with Crippen LogP contribution in [0.25, 0.3) is 0 Å². The van der Waals surface area contributed by atoms with E-state index < -0.39 is 15.1 Å². The lowest BCUT2D eigenvalue weighted by atomic mass is 10.1. The summed E-state index contributed by atoms with van der Waals surface area (Å²) in [6, 6.07) is 17.3. The number of nitrogens with one attached hydrogen (secondary N) is 1. The molecule has 0 radical (unpaired) electrons. The van der Waals surface area contributed by atoms with Gasteiger partial charge in [0.2, 0.25) is 5.91 Å². The Hall–Kier alpha value is -2.14. The van der Waals surface area contributed by atoms with Gasteiger partial charge in [-0.2, -0.15) is 0 Å². The summed E-state index contributed by atoms with van der Waals surface area (Å²) >= 11 is 0. The van der Waals surface area contributed by atoms with Crippen molar-refractivity contribution < 1.29 is 13.2 Å². The van der Waals surface area contributed by atoms with Crippen LogP contribution in [0, 0.1) is 0 Å². The first kappa shape index (κ1) is 16.2. The van der Waals surface area contributed by atoms with Crippen LogP contribution in [0.4, 0.5) is 0 Å². The molecule has 0 aromatic heterocycles. The Morgan fingerprint density at radius 1 is 1.00 bits per heavy atom. The zero-order chi connectivity index (χ0) is 16.0. The van der Waals surface area contributed by atoms with Gasteiger partial charge in [-0.3, -0.25) is 4.79 Å². The summed E-state index contributed by atoms with van der Waals surface area (Å²) in [4.78, 5) is 11.8. The van der Waals surface area contributed by atoms with E-state index >= 15 is 0 Å². The summed E-state index contributed by atoms with van der Waals surface area (Å²) in [5, 5.41) is 1.89. The zero-order valence-electron chi connectivity index (χ0n) is 12.4. The first-order chi connectivity index (χ1) is 10.6. The highest BCUT2D eigenvalue weighted by Crippen LogP contribution is 2.28. The Labute approximate surface area is 131 Å². The number of sulfone groups is 1. The SMILES string of the molecule is CCC(=O)NC[C@H](c1ccccc1)S(=O)(=O)c1ccccc1. The maximum Gasteiger partial charge on any atom is 0.219 e. The molecular weight excluding hydrogens is 298 g/mol. The molecule has 1 amide bonds. The molecule has 0 aliphatic heterocycles. The first-order valence-electron chi connectivity index (χ1n) is 7.16. The van der Waals surface area contributed by atoms with Crippen LogP contribution in [-0.4, -0.2) is 20.9 Å². The monoisotopic (exact) mass is 317 g/mol. The van der Waals surface area contributed by atoms with Crippen LogP contribution in [0.3, 0.4) is 0 Å². The molecule has 5 heteroatoms. The third-order valence-corrected chi connectivity index (χ3v) is 5.54. The summed E-state index contributed by atoms with van der Waals surface area (Å²) in [6.45, 7) is 1.80. The molecule has 116 valence electrons. The average molecular weight is 317 g/mol. The summed E-state index contributed by atoms with van der Waals surface area (Å²) in [5.41, 5.74) is 0.669. The second-order valence-electron chi connectivity index (χ2n) is 4.92. The lowest BCUT2D eigenvalue weighted by molar-refractivity contribution is -0.120. The lowest BCUT2D eigenvalue weighted by Gasteiger charge is -2.19. The normalized spacial score (nSPS) is 12.6. The van der Waals surface area contributed by atoms with Crippen molar-refractivity contribution in [3.05, 3.63) is 66.2 Å². The van der Waals surface area contributed by atoms with Gasteiger partial charge >= 0.3 is 0 Å². The predicted molar refractivity (Wildman–Crippen MR) is 86.1 cm³/mol. The fourth-order valence-electron chi connectivity index (χ4n) is 2.18. The number of hydrogen-bond donors (Lipinski definition) is 1. The lowest BCUT2D eigenvalue weighted by Crippen LogP contribution is -2.31. The molecule has 1 atom stereocenters. The Morgan fingerprint density at radius 2 is 1.55 bits per heavy atom. The molecule has 0 saturated heterocycles. The molecule has 2 aromatic rings. The molecule has 0 aliphatic carbocycles. The number of carbonyl (C=O) groups excluding carboxylic acids is 1. The molecule has 0 bridgehead atoms. The molecule has 0 saturated carbocycles. The van der Waals surface area contributed by atoms with Crippen LogP contribution in [-0.2, 0) is 14.6 Å². The summed E-state index contributed by atoms with van der Waals surface area (Å²) in [7, 11) is -3.57. The first-order valence-corrected chi connectivity index (χ1v) is 8.71. The van der Waals surface area contributed by atoms with Crippen LogP contribution in [0.1, 0.15) is 24.2 Å². The van der Waals surface area contributed by atoms with Crippen molar-refractivity contribution in [1.29, 1.82) is 0 Å². The molecule has 2 aromatic carbocycles. The van der Waals surface area contributed by atoms with Gasteiger partial charge in [0, 0.05) is 13.0 Å². The Kier molecular flexibility index (Phi) is 5.33. The minimum atomic E-state index is -3.57. The van der Waals surface area contributed by atoms with E-state index in [9.17, 15) is 13.2 Å². The van der Waals surface area contributed by atoms with E-state index in [0.717, 1.165) is 0 Å². The smallest absolute Gasteiger partial charge is 0.219 e. The Bertz CT molecular complexity index is 712. The molecule has 4 nitrogen and oxygen atoms in total. The molecule has 22 heavy (non-hydrogen) atoms. The van der Waals surface area contributed by atoms with Crippen LogP contribution >= 0.6 is 0 Å². The van der Waals surface area contributed by atoms with E-state index in [1.165, 1.54) is 0 Å². The maximum absolute atomic E-state index is 12.9. The van der Waals surface area contributed by atoms with E-state index in [4.69, 9.17) is 0 Å². The van der Waals surface area contributed by atoms with E-state index in [1.807, 2.05) is 6.07 Å².